The summed E-state index contributed by atoms with van der Waals surface area (Å²) in [5.74, 6) is -0.323. The van der Waals surface area contributed by atoms with Crippen molar-refractivity contribution in [3.05, 3.63) is 48.0 Å². The topological polar surface area (TPSA) is 44.8 Å². The van der Waals surface area contributed by atoms with Gasteiger partial charge in [-0.25, -0.2) is 4.79 Å². The fourth-order valence-electron chi connectivity index (χ4n) is 3.64. The van der Waals surface area contributed by atoms with E-state index in [1.54, 1.807) is 6.07 Å². The van der Waals surface area contributed by atoms with Crippen molar-refractivity contribution >= 4 is 16.7 Å². The molecule has 0 saturated heterocycles. The van der Waals surface area contributed by atoms with E-state index in [4.69, 9.17) is 14.2 Å². The zero-order chi connectivity index (χ0) is 22.0. The van der Waals surface area contributed by atoms with E-state index >= 15 is 0 Å². The van der Waals surface area contributed by atoms with Crippen LogP contribution in [0.1, 0.15) is 87.9 Å². The molecule has 0 aliphatic heterocycles. The Kier molecular flexibility index (Phi) is 13.7. The average Bonchev–Trinajstić information content (AvgIpc) is 2.80. The van der Waals surface area contributed by atoms with E-state index in [-0.39, 0.29) is 19.4 Å². The Labute approximate surface area is 188 Å². The zero-order valence-corrected chi connectivity index (χ0v) is 19.3. The van der Waals surface area contributed by atoms with Gasteiger partial charge >= 0.3 is 5.97 Å². The van der Waals surface area contributed by atoms with Gasteiger partial charge in [-0.3, -0.25) is 0 Å². The van der Waals surface area contributed by atoms with Gasteiger partial charge in [0.15, 0.2) is 0 Å². The molecule has 0 aromatic heterocycles. The van der Waals surface area contributed by atoms with E-state index in [2.05, 4.69) is 6.92 Å². The maximum absolute atomic E-state index is 12.1. The first-order chi connectivity index (χ1) is 15.3. The highest BCUT2D eigenvalue weighted by atomic mass is 16.7. The predicted molar refractivity (Wildman–Crippen MR) is 127 cm³/mol. The number of hydrogen-bond donors (Lipinski definition) is 0. The van der Waals surface area contributed by atoms with Gasteiger partial charge < -0.3 is 14.2 Å². The zero-order valence-electron chi connectivity index (χ0n) is 19.3. The normalized spacial score (nSPS) is 11.1. The molecular weight excluding hydrogens is 388 g/mol. The first-order valence-corrected chi connectivity index (χ1v) is 12.1. The minimum atomic E-state index is -0.323. The molecule has 2 aromatic carbocycles. The van der Waals surface area contributed by atoms with E-state index in [0.29, 0.717) is 12.2 Å². The predicted octanol–water partition coefficient (Wildman–Crippen LogP) is 7.30. The lowest BCUT2D eigenvalue weighted by Gasteiger charge is -2.08. The second kappa shape index (κ2) is 16.7. The van der Waals surface area contributed by atoms with Crippen LogP contribution in [-0.2, 0) is 14.2 Å². The molecule has 2 aromatic rings. The van der Waals surface area contributed by atoms with Gasteiger partial charge in [0.2, 0.25) is 0 Å². The largest absolute Gasteiger partial charge is 0.460 e. The van der Waals surface area contributed by atoms with Crippen LogP contribution in [0.3, 0.4) is 0 Å². The molecule has 4 heteroatoms. The summed E-state index contributed by atoms with van der Waals surface area (Å²) in [6.07, 6.45) is 14.6. The molecule has 0 saturated carbocycles. The van der Waals surface area contributed by atoms with Gasteiger partial charge in [-0.2, -0.15) is 0 Å². The number of benzene rings is 2. The number of hydrogen-bond acceptors (Lipinski definition) is 4. The van der Waals surface area contributed by atoms with Crippen molar-refractivity contribution in [1.82, 2.24) is 0 Å². The van der Waals surface area contributed by atoms with Crippen LogP contribution in [0.2, 0.25) is 0 Å². The molecule has 0 spiro atoms. The minimum absolute atomic E-state index is 0.230. The number of fused-ring (bicyclic) bond motifs is 1. The van der Waals surface area contributed by atoms with Crippen molar-refractivity contribution < 1.29 is 19.0 Å². The van der Waals surface area contributed by atoms with Crippen molar-refractivity contribution in [2.45, 2.75) is 77.6 Å². The van der Waals surface area contributed by atoms with Crippen LogP contribution in [0.15, 0.2) is 42.5 Å². The van der Waals surface area contributed by atoms with E-state index in [9.17, 15) is 4.79 Å². The SMILES string of the molecule is CCCCCCCCCCCCCOCOCCOC(=O)c1ccc2ccccc2c1. The summed E-state index contributed by atoms with van der Waals surface area (Å²) in [4.78, 5) is 12.1. The Morgan fingerprint density at radius 2 is 1.29 bits per heavy atom. The molecule has 0 aliphatic carbocycles. The minimum Gasteiger partial charge on any atom is -0.460 e. The number of ether oxygens (including phenoxy) is 3. The molecule has 0 amide bonds. The third kappa shape index (κ3) is 11.3. The molecule has 0 N–H and O–H groups in total. The van der Waals surface area contributed by atoms with Crippen LogP contribution >= 0.6 is 0 Å². The second-order valence-electron chi connectivity index (χ2n) is 8.17. The number of carbonyl (C=O) groups excluding carboxylic acids is 1. The van der Waals surface area contributed by atoms with Crippen molar-refractivity contribution in [1.29, 1.82) is 0 Å². The number of unbranched alkanes of at least 4 members (excludes halogenated alkanes) is 10. The summed E-state index contributed by atoms with van der Waals surface area (Å²) in [6, 6.07) is 13.5. The van der Waals surface area contributed by atoms with Crippen molar-refractivity contribution in [2.75, 3.05) is 26.6 Å². The Morgan fingerprint density at radius 3 is 2.00 bits per heavy atom. The summed E-state index contributed by atoms with van der Waals surface area (Å²) in [5, 5.41) is 2.14. The van der Waals surface area contributed by atoms with Gasteiger partial charge in [-0.15, -0.1) is 0 Å². The molecular formula is C27H40O4. The van der Waals surface area contributed by atoms with Gasteiger partial charge in [0, 0.05) is 6.61 Å². The van der Waals surface area contributed by atoms with E-state index in [0.717, 1.165) is 23.8 Å². The first kappa shape index (κ1) is 25.4. The highest BCUT2D eigenvalue weighted by Crippen LogP contribution is 2.16. The van der Waals surface area contributed by atoms with Crippen LogP contribution < -0.4 is 0 Å². The lowest BCUT2D eigenvalue weighted by Crippen LogP contribution is -2.12. The van der Waals surface area contributed by atoms with E-state index in [1.165, 1.54) is 64.2 Å². The van der Waals surface area contributed by atoms with Crippen LogP contribution in [0.25, 0.3) is 10.8 Å². The summed E-state index contributed by atoms with van der Waals surface area (Å²) in [7, 11) is 0. The molecule has 31 heavy (non-hydrogen) atoms. The molecule has 2 rings (SSSR count). The van der Waals surface area contributed by atoms with Crippen molar-refractivity contribution in [3.8, 4) is 0 Å². The van der Waals surface area contributed by atoms with Gasteiger partial charge in [-0.05, 0) is 29.3 Å². The summed E-state index contributed by atoms with van der Waals surface area (Å²) >= 11 is 0. The highest BCUT2D eigenvalue weighted by molar-refractivity contribution is 5.95. The van der Waals surface area contributed by atoms with Crippen LogP contribution in [0.5, 0.6) is 0 Å². The van der Waals surface area contributed by atoms with Gasteiger partial charge in [-0.1, -0.05) is 101 Å². The smallest absolute Gasteiger partial charge is 0.338 e. The summed E-state index contributed by atoms with van der Waals surface area (Å²) in [6.45, 7) is 3.82. The fraction of sp³-hybridized carbons (Fsp3) is 0.593. The van der Waals surface area contributed by atoms with Crippen molar-refractivity contribution in [2.24, 2.45) is 0 Å². The van der Waals surface area contributed by atoms with Crippen LogP contribution in [0.4, 0.5) is 0 Å². The van der Waals surface area contributed by atoms with E-state index in [1.807, 2.05) is 36.4 Å². The maximum Gasteiger partial charge on any atom is 0.338 e. The number of rotatable bonds is 18. The maximum atomic E-state index is 12.1. The van der Waals surface area contributed by atoms with Gasteiger partial charge in [0.05, 0.1) is 12.2 Å². The third-order valence-corrected chi connectivity index (χ3v) is 5.50. The monoisotopic (exact) mass is 428 g/mol. The van der Waals surface area contributed by atoms with Crippen LogP contribution in [0, 0.1) is 0 Å². The standard InChI is InChI=1S/C27H40O4/c1-2-3-4-5-6-7-8-9-10-11-14-19-29-23-30-20-21-31-27(28)26-18-17-24-15-12-13-16-25(24)22-26/h12-13,15-18,22H,2-11,14,19-21,23H2,1H3. The molecule has 0 radical (unpaired) electrons. The molecule has 0 bridgehead atoms. The molecule has 4 nitrogen and oxygen atoms in total. The molecule has 0 fully saturated rings. The highest BCUT2D eigenvalue weighted by Gasteiger charge is 2.07. The quantitative estimate of drug-likeness (QED) is 0.142. The third-order valence-electron chi connectivity index (χ3n) is 5.50. The first-order valence-electron chi connectivity index (χ1n) is 12.1. The van der Waals surface area contributed by atoms with Gasteiger partial charge in [0.1, 0.15) is 13.4 Å². The Bertz CT molecular complexity index is 728. The lowest BCUT2D eigenvalue weighted by molar-refractivity contribution is -0.0655. The average molecular weight is 429 g/mol. The Hall–Kier alpha value is -1.91. The Balaban J connectivity index is 1.37. The van der Waals surface area contributed by atoms with Gasteiger partial charge in [0.25, 0.3) is 0 Å². The fourth-order valence-corrected chi connectivity index (χ4v) is 3.64. The van der Waals surface area contributed by atoms with Crippen LogP contribution in [-0.4, -0.2) is 32.6 Å². The molecule has 0 atom stereocenters. The molecule has 0 heterocycles. The summed E-state index contributed by atoms with van der Waals surface area (Å²) in [5.41, 5.74) is 0.562. The molecule has 0 aliphatic rings. The molecule has 172 valence electrons. The second-order valence-corrected chi connectivity index (χ2v) is 8.17. The number of carbonyl (C=O) groups is 1. The molecule has 0 unspecified atom stereocenters. The van der Waals surface area contributed by atoms with E-state index < -0.39 is 0 Å². The Morgan fingerprint density at radius 1 is 0.677 bits per heavy atom. The lowest BCUT2D eigenvalue weighted by atomic mass is 10.1. The number of esters is 1. The van der Waals surface area contributed by atoms with Crippen molar-refractivity contribution in [3.63, 3.8) is 0 Å². The summed E-state index contributed by atoms with van der Waals surface area (Å²) < 4.78 is 16.2.